The average molecular weight is 361 g/mol. The van der Waals surface area contributed by atoms with Gasteiger partial charge in [0, 0.05) is 25.2 Å². The maximum Gasteiger partial charge on any atom is 0.338 e. The van der Waals surface area contributed by atoms with E-state index in [9.17, 15) is 19.7 Å². The van der Waals surface area contributed by atoms with Crippen LogP contribution in [0.5, 0.6) is 0 Å². The molecule has 26 heavy (non-hydrogen) atoms. The number of likely N-dealkylation sites (tertiary alicyclic amines) is 1. The van der Waals surface area contributed by atoms with Crippen LogP contribution in [0.3, 0.4) is 0 Å². The number of piperidine rings is 1. The highest BCUT2D eigenvalue weighted by Crippen LogP contribution is 2.31. The first-order chi connectivity index (χ1) is 12.4. The number of nitro benzene ring substituents is 1. The van der Waals surface area contributed by atoms with Crippen LogP contribution in [0.4, 0.5) is 11.4 Å². The number of amides is 1. The molecule has 2 aliphatic rings. The zero-order chi connectivity index (χ0) is 18.7. The van der Waals surface area contributed by atoms with Crippen LogP contribution in [0, 0.1) is 16.0 Å². The van der Waals surface area contributed by atoms with Crippen LogP contribution in [-0.2, 0) is 9.53 Å². The van der Waals surface area contributed by atoms with E-state index in [2.05, 4.69) is 12.2 Å². The second-order valence-electron chi connectivity index (χ2n) is 7.07. The summed E-state index contributed by atoms with van der Waals surface area (Å²) in [4.78, 5) is 36.8. The third kappa shape index (κ3) is 4.50. The van der Waals surface area contributed by atoms with Crippen molar-refractivity contribution < 1.29 is 19.2 Å². The molecule has 1 aliphatic heterocycles. The number of rotatable bonds is 6. The Balaban J connectivity index is 1.61. The highest BCUT2D eigenvalue weighted by molar-refractivity contribution is 5.93. The summed E-state index contributed by atoms with van der Waals surface area (Å²) in [6, 6.07) is 4.45. The van der Waals surface area contributed by atoms with Crippen molar-refractivity contribution in [2.24, 2.45) is 5.92 Å². The molecule has 1 aromatic rings. The van der Waals surface area contributed by atoms with Crippen LogP contribution in [-0.4, -0.2) is 47.4 Å². The zero-order valence-corrected chi connectivity index (χ0v) is 14.8. The number of ether oxygens (including phenoxy) is 1. The third-order valence-corrected chi connectivity index (χ3v) is 4.70. The minimum atomic E-state index is -0.732. The van der Waals surface area contributed by atoms with Crippen LogP contribution in [0.1, 0.15) is 43.0 Å². The summed E-state index contributed by atoms with van der Waals surface area (Å²) in [5.41, 5.74) is 0.299. The summed E-state index contributed by atoms with van der Waals surface area (Å²) in [6.07, 6.45) is 4.01. The smallest absolute Gasteiger partial charge is 0.338 e. The number of hydrogen-bond donors (Lipinski definition) is 1. The first-order valence-corrected chi connectivity index (χ1v) is 8.94. The van der Waals surface area contributed by atoms with E-state index >= 15 is 0 Å². The van der Waals surface area contributed by atoms with E-state index in [1.165, 1.54) is 18.2 Å². The van der Waals surface area contributed by atoms with Crippen molar-refractivity contribution in [2.45, 2.75) is 38.6 Å². The Morgan fingerprint density at radius 2 is 2.12 bits per heavy atom. The molecule has 0 unspecified atom stereocenters. The molecule has 1 saturated heterocycles. The number of carbonyl (C=O) groups excluding carboxylic acids is 2. The van der Waals surface area contributed by atoms with E-state index in [-0.39, 0.29) is 29.8 Å². The van der Waals surface area contributed by atoms with Gasteiger partial charge in [-0.2, -0.15) is 0 Å². The topological polar surface area (TPSA) is 102 Å². The maximum atomic E-state index is 12.2. The van der Waals surface area contributed by atoms with Gasteiger partial charge in [0.2, 0.25) is 0 Å². The second kappa shape index (κ2) is 7.72. The van der Waals surface area contributed by atoms with Crippen LogP contribution in [0.2, 0.25) is 0 Å². The summed E-state index contributed by atoms with van der Waals surface area (Å²) in [7, 11) is 0. The molecule has 0 bridgehead atoms. The monoisotopic (exact) mass is 361 g/mol. The van der Waals surface area contributed by atoms with Gasteiger partial charge < -0.3 is 15.0 Å². The zero-order valence-electron chi connectivity index (χ0n) is 14.8. The fourth-order valence-electron chi connectivity index (χ4n) is 3.10. The standard InChI is InChI=1S/C18H23N3O5/c1-12-3-2-8-20(10-12)17(22)11-26-18(23)13-4-7-15(19-14-5-6-14)16(9-13)21(24)25/h4,7,9,12,14,19H,2-3,5-6,8,10-11H2,1H3/t12-/m0/s1. The Labute approximate surface area is 151 Å². The van der Waals surface area contributed by atoms with E-state index in [1.807, 2.05) is 0 Å². The molecule has 1 aromatic carbocycles. The SMILES string of the molecule is C[C@H]1CCCN(C(=O)COC(=O)c2ccc(NC3CC3)c([N+](=O)[O-])c2)C1. The minimum absolute atomic E-state index is 0.0675. The number of carbonyl (C=O) groups is 2. The molecular formula is C18H23N3O5. The van der Waals surface area contributed by atoms with Crippen molar-refractivity contribution in [3.63, 3.8) is 0 Å². The van der Waals surface area contributed by atoms with Gasteiger partial charge in [-0.3, -0.25) is 14.9 Å². The lowest BCUT2D eigenvalue weighted by molar-refractivity contribution is -0.384. The van der Waals surface area contributed by atoms with E-state index < -0.39 is 10.9 Å². The second-order valence-corrected chi connectivity index (χ2v) is 7.07. The predicted octanol–water partition coefficient (Wildman–Crippen LogP) is 2.58. The number of hydrogen-bond acceptors (Lipinski definition) is 6. The fourth-order valence-corrected chi connectivity index (χ4v) is 3.10. The molecule has 0 radical (unpaired) electrons. The Bertz CT molecular complexity index is 717. The maximum absolute atomic E-state index is 12.2. The lowest BCUT2D eigenvalue weighted by Gasteiger charge is -2.30. The van der Waals surface area contributed by atoms with Crippen molar-refractivity contribution in [2.75, 3.05) is 25.0 Å². The first kappa shape index (κ1) is 18.2. The summed E-state index contributed by atoms with van der Waals surface area (Å²) >= 11 is 0. The molecule has 8 nitrogen and oxygen atoms in total. The summed E-state index contributed by atoms with van der Waals surface area (Å²) in [5, 5.41) is 14.3. The number of nitrogens with zero attached hydrogens (tertiary/aromatic N) is 2. The Morgan fingerprint density at radius 1 is 1.35 bits per heavy atom. The van der Waals surface area contributed by atoms with Crippen molar-refractivity contribution in [3.8, 4) is 0 Å². The lowest BCUT2D eigenvalue weighted by atomic mass is 10.0. The van der Waals surface area contributed by atoms with Crippen molar-refractivity contribution >= 4 is 23.3 Å². The number of nitro groups is 1. The average Bonchev–Trinajstić information content (AvgIpc) is 3.43. The predicted molar refractivity (Wildman–Crippen MR) is 95.0 cm³/mol. The largest absolute Gasteiger partial charge is 0.452 e. The molecule has 0 spiro atoms. The molecule has 140 valence electrons. The van der Waals surface area contributed by atoms with E-state index in [0.29, 0.717) is 24.7 Å². The van der Waals surface area contributed by atoms with Crippen LogP contribution in [0.25, 0.3) is 0 Å². The lowest BCUT2D eigenvalue weighted by Crippen LogP contribution is -2.41. The normalized spacial score (nSPS) is 19.7. The quantitative estimate of drug-likeness (QED) is 0.475. The highest BCUT2D eigenvalue weighted by atomic mass is 16.6. The van der Waals surface area contributed by atoms with Gasteiger partial charge in [-0.15, -0.1) is 0 Å². The van der Waals surface area contributed by atoms with Gasteiger partial charge in [0.1, 0.15) is 5.69 Å². The molecule has 1 saturated carbocycles. The van der Waals surface area contributed by atoms with Gasteiger partial charge in [-0.25, -0.2) is 4.79 Å². The molecule has 8 heteroatoms. The van der Waals surface area contributed by atoms with Gasteiger partial charge in [0.25, 0.3) is 11.6 Å². The molecule has 2 fully saturated rings. The fraction of sp³-hybridized carbons (Fsp3) is 0.556. The molecule has 1 aliphatic carbocycles. The molecular weight excluding hydrogens is 338 g/mol. The van der Waals surface area contributed by atoms with Crippen molar-refractivity contribution in [1.29, 1.82) is 0 Å². The molecule has 3 rings (SSSR count). The van der Waals surface area contributed by atoms with Crippen LogP contribution >= 0.6 is 0 Å². The van der Waals surface area contributed by atoms with Gasteiger partial charge in [-0.1, -0.05) is 6.92 Å². The first-order valence-electron chi connectivity index (χ1n) is 8.94. The molecule has 1 atom stereocenters. The van der Waals surface area contributed by atoms with Gasteiger partial charge >= 0.3 is 5.97 Å². The van der Waals surface area contributed by atoms with Crippen molar-refractivity contribution in [3.05, 3.63) is 33.9 Å². The van der Waals surface area contributed by atoms with Gasteiger partial charge in [-0.05, 0) is 43.7 Å². The number of esters is 1. The van der Waals surface area contributed by atoms with Gasteiger partial charge in [0.15, 0.2) is 6.61 Å². The highest BCUT2D eigenvalue weighted by Gasteiger charge is 2.26. The number of anilines is 1. The Hall–Kier alpha value is -2.64. The molecule has 1 N–H and O–H groups in total. The molecule has 1 heterocycles. The van der Waals surface area contributed by atoms with E-state index in [0.717, 1.165) is 25.7 Å². The number of nitrogens with one attached hydrogen (secondary N) is 1. The molecule has 1 amide bonds. The van der Waals surface area contributed by atoms with Crippen LogP contribution < -0.4 is 5.32 Å². The van der Waals surface area contributed by atoms with Crippen LogP contribution in [0.15, 0.2) is 18.2 Å². The minimum Gasteiger partial charge on any atom is -0.452 e. The summed E-state index contributed by atoms with van der Waals surface area (Å²) < 4.78 is 5.07. The van der Waals surface area contributed by atoms with E-state index in [1.54, 1.807) is 4.90 Å². The van der Waals surface area contributed by atoms with E-state index in [4.69, 9.17) is 4.74 Å². The van der Waals surface area contributed by atoms with Crippen molar-refractivity contribution in [1.82, 2.24) is 4.90 Å². The number of benzene rings is 1. The third-order valence-electron chi connectivity index (χ3n) is 4.70. The Morgan fingerprint density at radius 3 is 2.77 bits per heavy atom. The Kier molecular flexibility index (Phi) is 5.39. The summed E-state index contributed by atoms with van der Waals surface area (Å²) in [6.45, 7) is 3.08. The summed E-state index contributed by atoms with van der Waals surface area (Å²) in [5.74, 6) is -0.520. The van der Waals surface area contributed by atoms with Gasteiger partial charge in [0.05, 0.1) is 10.5 Å². The molecule has 0 aromatic heterocycles.